The van der Waals surface area contributed by atoms with Gasteiger partial charge in [0, 0.05) is 11.9 Å². The number of carbonyl (C=O) groups excluding carboxylic acids is 1. The van der Waals surface area contributed by atoms with Crippen molar-refractivity contribution in [1.29, 1.82) is 0 Å². The molecular weight excluding hydrogens is 454 g/mol. The first-order valence-electron chi connectivity index (χ1n) is 10.8. The number of hydrogen-bond donors (Lipinski definition) is 3. The van der Waals surface area contributed by atoms with Gasteiger partial charge in [0.1, 0.15) is 5.52 Å². The highest BCUT2D eigenvalue weighted by Crippen LogP contribution is 2.29. The molecule has 0 aliphatic rings. The zero-order valence-electron chi connectivity index (χ0n) is 19.6. The van der Waals surface area contributed by atoms with Gasteiger partial charge in [-0.3, -0.25) is 9.35 Å². The number of aromatic nitrogens is 3. The second-order valence-corrected chi connectivity index (χ2v) is 9.75. The van der Waals surface area contributed by atoms with E-state index in [1.165, 1.54) is 12.1 Å². The van der Waals surface area contributed by atoms with Gasteiger partial charge in [0.15, 0.2) is 5.82 Å². The number of para-hydroxylation sites is 1. The molecule has 2 aromatic carbocycles. The van der Waals surface area contributed by atoms with Crippen LogP contribution in [0.2, 0.25) is 0 Å². The maximum atomic E-state index is 11.9. The maximum absolute atomic E-state index is 11.9. The van der Waals surface area contributed by atoms with Crippen LogP contribution in [0.25, 0.3) is 21.9 Å². The van der Waals surface area contributed by atoms with Gasteiger partial charge < -0.3 is 15.2 Å². The number of benzene rings is 2. The number of pyridine rings is 1. The summed E-state index contributed by atoms with van der Waals surface area (Å²) in [6, 6.07) is 13.9. The number of carbonyl (C=O) groups is 1. The molecule has 180 valence electrons. The first-order valence-corrected chi connectivity index (χ1v) is 12.3. The third kappa shape index (κ3) is 6.16. The van der Waals surface area contributed by atoms with Crippen LogP contribution in [-0.2, 0) is 21.5 Å². The third-order valence-electron chi connectivity index (χ3n) is 4.93. The molecule has 2 heterocycles. The quantitative estimate of drug-likeness (QED) is 0.357. The zero-order chi connectivity index (χ0) is 24.9. The Morgan fingerprint density at radius 3 is 2.41 bits per heavy atom. The van der Waals surface area contributed by atoms with Gasteiger partial charge in [-0.15, -0.1) is 0 Å². The molecule has 0 saturated carbocycles. The Morgan fingerprint density at radius 2 is 1.79 bits per heavy atom. The molecule has 4 aromatic rings. The monoisotopic (exact) mass is 483 g/mol. The highest BCUT2D eigenvalue weighted by Gasteiger charge is 2.16. The normalized spacial score (nSPS) is 11.5. The first-order chi connectivity index (χ1) is 16.1. The van der Waals surface area contributed by atoms with Gasteiger partial charge in [0.2, 0.25) is 5.91 Å². The Hall–Kier alpha value is -3.34. The van der Waals surface area contributed by atoms with Gasteiger partial charge in [-0.25, -0.2) is 9.97 Å². The molecule has 34 heavy (non-hydrogen) atoms. The molecule has 0 fully saturated rings. The predicted octanol–water partition coefficient (Wildman–Crippen LogP) is 3.64. The van der Waals surface area contributed by atoms with E-state index in [1.807, 2.05) is 37.5 Å². The van der Waals surface area contributed by atoms with Crippen LogP contribution < -0.4 is 10.6 Å². The van der Waals surface area contributed by atoms with E-state index in [1.54, 1.807) is 19.2 Å². The molecule has 3 N–H and O–H groups in total. The van der Waals surface area contributed by atoms with Crippen LogP contribution in [0.1, 0.15) is 19.4 Å². The summed E-state index contributed by atoms with van der Waals surface area (Å²) >= 11 is 0. The molecule has 2 aromatic heterocycles. The van der Waals surface area contributed by atoms with Crippen molar-refractivity contribution in [3.05, 3.63) is 60.4 Å². The molecule has 0 aliphatic carbocycles. The predicted molar refractivity (Wildman–Crippen MR) is 133 cm³/mol. The summed E-state index contributed by atoms with van der Waals surface area (Å²) in [6.45, 7) is 7.29. The lowest BCUT2D eigenvalue weighted by Crippen LogP contribution is -2.25. The highest BCUT2D eigenvalue weighted by atomic mass is 32.2. The van der Waals surface area contributed by atoms with E-state index in [0.29, 0.717) is 11.7 Å². The minimum Gasteiger partial charge on any atom is -0.330 e. The molecular formula is C24H29N5O4S. The Labute approximate surface area is 199 Å². The number of nitrogens with zero attached hydrogens (tertiary/aromatic N) is 3. The van der Waals surface area contributed by atoms with Crippen molar-refractivity contribution in [1.82, 2.24) is 19.9 Å². The number of hydrogen-bond acceptors (Lipinski definition) is 6. The molecule has 10 heteroatoms. The topological polar surface area (TPSA) is 126 Å². The van der Waals surface area contributed by atoms with Crippen molar-refractivity contribution >= 4 is 43.8 Å². The fourth-order valence-corrected chi connectivity index (χ4v) is 3.93. The molecule has 0 atom stereocenters. The van der Waals surface area contributed by atoms with Gasteiger partial charge in [0.25, 0.3) is 10.1 Å². The van der Waals surface area contributed by atoms with E-state index in [0.717, 1.165) is 34.0 Å². The molecule has 0 spiro atoms. The van der Waals surface area contributed by atoms with Crippen LogP contribution in [0.15, 0.2) is 59.8 Å². The van der Waals surface area contributed by atoms with Gasteiger partial charge in [-0.2, -0.15) is 8.42 Å². The smallest absolute Gasteiger partial charge is 0.294 e. The van der Waals surface area contributed by atoms with Crippen molar-refractivity contribution in [3.63, 3.8) is 0 Å². The Kier molecular flexibility index (Phi) is 7.98. The van der Waals surface area contributed by atoms with Crippen molar-refractivity contribution in [2.75, 3.05) is 18.9 Å². The van der Waals surface area contributed by atoms with Gasteiger partial charge in [-0.05, 0) is 38.1 Å². The summed E-state index contributed by atoms with van der Waals surface area (Å²) in [6.07, 6.45) is 1.83. The van der Waals surface area contributed by atoms with E-state index in [2.05, 4.69) is 39.0 Å². The summed E-state index contributed by atoms with van der Waals surface area (Å²) in [7, 11) is -2.28. The summed E-state index contributed by atoms with van der Waals surface area (Å²) < 4.78 is 31.7. The van der Waals surface area contributed by atoms with E-state index < -0.39 is 10.1 Å². The van der Waals surface area contributed by atoms with Crippen LogP contribution in [-0.4, -0.2) is 47.0 Å². The number of likely N-dealkylation sites (N-methyl/N-ethyl adjacent to an activating group) is 1. The fraction of sp³-hybridized carbons (Fsp3) is 0.292. The number of amides is 1. The molecule has 1 amide bonds. The van der Waals surface area contributed by atoms with Crippen molar-refractivity contribution in [2.24, 2.45) is 5.92 Å². The minimum absolute atomic E-state index is 0.0666. The summed E-state index contributed by atoms with van der Waals surface area (Å²) in [5.74, 6) is 0.887. The number of nitrogens with one attached hydrogen (secondary N) is 2. The lowest BCUT2D eigenvalue weighted by Gasteiger charge is -2.11. The molecule has 0 aliphatic heterocycles. The van der Waals surface area contributed by atoms with Gasteiger partial charge in [0.05, 0.1) is 28.8 Å². The Bertz CT molecular complexity index is 1400. The molecule has 4 rings (SSSR count). The van der Waals surface area contributed by atoms with E-state index in [4.69, 9.17) is 4.55 Å². The summed E-state index contributed by atoms with van der Waals surface area (Å²) in [5.41, 5.74) is 3.56. The first kappa shape index (κ1) is 25.3. The molecule has 0 bridgehead atoms. The van der Waals surface area contributed by atoms with Crippen LogP contribution in [0.5, 0.6) is 0 Å². The summed E-state index contributed by atoms with van der Waals surface area (Å²) in [4.78, 5) is 20.9. The molecule has 0 radical (unpaired) electrons. The molecule has 0 unspecified atom stereocenters. The number of rotatable bonds is 6. The highest BCUT2D eigenvalue weighted by molar-refractivity contribution is 7.85. The Balaban J connectivity index is 0.000000248. The number of aryl methyl sites for hydroxylation is 1. The molecule has 9 nitrogen and oxygen atoms in total. The van der Waals surface area contributed by atoms with E-state index >= 15 is 0 Å². The minimum atomic E-state index is -4.02. The standard InChI is InChI=1S/C17H21N5O.C7H8O3S/c1-11(2)9-22-10-19-15-16(22)12-6-4-5-7-13(12)20-17(15)21-14(23)8-18-3;1-6-2-4-7(5-3-6)11(8,9)10/h4-7,10-11,18H,8-9H2,1-3H3,(H,20,21,23);2-5H,1H3,(H,8,9,10). The fourth-order valence-electron chi connectivity index (χ4n) is 3.45. The van der Waals surface area contributed by atoms with E-state index in [9.17, 15) is 13.2 Å². The van der Waals surface area contributed by atoms with Crippen LogP contribution in [0.4, 0.5) is 5.82 Å². The number of imidazole rings is 1. The lowest BCUT2D eigenvalue weighted by atomic mass is 10.1. The van der Waals surface area contributed by atoms with Crippen LogP contribution >= 0.6 is 0 Å². The van der Waals surface area contributed by atoms with Crippen molar-refractivity contribution in [2.45, 2.75) is 32.2 Å². The van der Waals surface area contributed by atoms with E-state index in [-0.39, 0.29) is 17.3 Å². The van der Waals surface area contributed by atoms with Crippen molar-refractivity contribution < 1.29 is 17.8 Å². The van der Waals surface area contributed by atoms with Crippen LogP contribution in [0, 0.1) is 12.8 Å². The number of fused-ring (bicyclic) bond motifs is 3. The lowest BCUT2D eigenvalue weighted by molar-refractivity contribution is -0.115. The largest absolute Gasteiger partial charge is 0.330 e. The average Bonchev–Trinajstić information content (AvgIpc) is 3.18. The van der Waals surface area contributed by atoms with Gasteiger partial charge >= 0.3 is 0 Å². The van der Waals surface area contributed by atoms with Gasteiger partial charge in [-0.1, -0.05) is 49.7 Å². The molecule has 0 saturated heterocycles. The second-order valence-electron chi connectivity index (χ2n) is 8.33. The number of anilines is 1. The summed E-state index contributed by atoms with van der Waals surface area (Å²) in [5, 5.41) is 6.74. The SMILES string of the molecule is CNCC(=O)Nc1nc2ccccc2c2c1ncn2CC(C)C.Cc1ccc(S(=O)(=O)O)cc1. The van der Waals surface area contributed by atoms with Crippen molar-refractivity contribution in [3.8, 4) is 0 Å². The average molecular weight is 484 g/mol. The zero-order valence-corrected chi connectivity index (χ0v) is 20.4. The van der Waals surface area contributed by atoms with Crippen LogP contribution in [0.3, 0.4) is 0 Å². The third-order valence-corrected chi connectivity index (χ3v) is 5.80. The second kappa shape index (κ2) is 10.7. The Morgan fingerprint density at radius 1 is 1.12 bits per heavy atom. The maximum Gasteiger partial charge on any atom is 0.294 e.